The summed E-state index contributed by atoms with van der Waals surface area (Å²) in [7, 11) is 0. The van der Waals surface area contributed by atoms with Gasteiger partial charge < -0.3 is 19.6 Å². The largest absolute Gasteiger partial charge is 0.493 e. The van der Waals surface area contributed by atoms with E-state index in [0.717, 1.165) is 31.4 Å². The third-order valence-corrected chi connectivity index (χ3v) is 7.30. The number of amides is 1. The molecule has 1 aliphatic carbocycles. The fraction of sp³-hybridized carbons (Fsp3) is 0.486. The van der Waals surface area contributed by atoms with Gasteiger partial charge in [0.2, 0.25) is 5.91 Å². The molecule has 3 rings (SSSR count). The van der Waals surface area contributed by atoms with Crippen molar-refractivity contribution >= 4 is 11.9 Å². The Balaban J connectivity index is 0.000000329. The molecule has 9 nitrogen and oxygen atoms in total. The number of rotatable bonds is 16. The lowest BCUT2D eigenvalue weighted by atomic mass is 10.00. The Kier molecular flexibility index (Phi) is 18.4. The number of halogens is 3. The van der Waals surface area contributed by atoms with Gasteiger partial charge in [-0.15, -0.1) is 10.1 Å². The van der Waals surface area contributed by atoms with Gasteiger partial charge in [-0.1, -0.05) is 80.3 Å². The summed E-state index contributed by atoms with van der Waals surface area (Å²) in [6.07, 6.45) is 14.3. The molecule has 0 bridgehead atoms. The number of alkyl halides is 3. The summed E-state index contributed by atoms with van der Waals surface area (Å²) in [4.78, 5) is 37.8. The molecule has 0 atom stereocenters. The van der Waals surface area contributed by atoms with Crippen molar-refractivity contribution in [3.63, 3.8) is 0 Å². The molecule has 2 aromatic rings. The Morgan fingerprint density at radius 3 is 2.34 bits per heavy atom. The minimum absolute atomic E-state index is 0.0484. The summed E-state index contributed by atoms with van der Waals surface area (Å²) in [6.45, 7) is 1.84. The van der Waals surface area contributed by atoms with Crippen molar-refractivity contribution < 1.29 is 42.2 Å². The van der Waals surface area contributed by atoms with Crippen LogP contribution in [0.4, 0.5) is 13.2 Å². The van der Waals surface area contributed by atoms with Crippen LogP contribution in [-0.2, 0) is 38.6 Å². The molecule has 0 heterocycles. The van der Waals surface area contributed by atoms with Gasteiger partial charge in [-0.05, 0) is 74.3 Å². The van der Waals surface area contributed by atoms with Crippen molar-refractivity contribution in [3.05, 3.63) is 99.6 Å². The van der Waals surface area contributed by atoms with Crippen molar-refractivity contribution in [1.29, 1.82) is 0 Å². The molecule has 0 radical (unpaired) electrons. The average Bonchev–Trinajstić information content (AvgIpc) is 3.33. The van der Waals surface area contributed by atoms with Gasteiger partial charge in [0.15, 0.2) is 0 Å². The van der Waals surface area contributed by atoms with Crippen molar-refractivity contribution in [3.8, 4) is 5.75 Å². The summed E-state index contributed by atoms with van der Waals surface area (Å²) in [5.74, 6) is 0.154. The predicted octanol–water partition coefficient (Wildman–Crippen LogP) is 8.30. The molecule has 47 heavy (non-hydrogen) atoms. The van der Waals surface area contributed by atoms with Crippen LogP contribution in [0.3, 0.4) is 0 Å². The van der Waals surface area contributed by atoms with E-state index in [9.17, 15) is 32.9 Å². The van der Waals surface area contributed by atoms with Gasteiger partial charge in [0, 0.05) is 6.42 Å². The summed E-state index contributed by atoms with van der Waals surface area (Å²) in [5, 5.41) is 11.9. The Morgan fingerprint density at radius 1 is 0.979 bits per heavy atom. The number of esters is 1. The highest BCUT2D eigenvalue weighted by Crippen LogP contribution is 2.31. The Hall–Kier alpha value is -4.35. The fourth-order valence-electron chi connectivity index (χ4n) is 4.78. The molecule has 0 aromatic heterocycles. The number of carbonyl (C=O) groups excluding carboxylic acids is 2. The van der Waals surface area contributed by atoms with Crippen LogP contribution in [0.25, 0.3) is 0 Å². The third kappa shape index (κ3) is 17.8. The van der Waals surface area contributed by atoms with E-state index in [-0.39, 0.29) is 31.4 Å². The zero-order chi connectivity index (χ0) is 34.3. The Labute approximate surface area is 274 Å². The van der Waals surface area contributed by atoms with E-state index in [0.29, 0.717) is 30.1 Å². The van der Waals surface area contributed by atoms with Crippen molar-refractivity contribution in [1.82, 2.24) is 5.32 Å². The number of hydrogen-bond donors (Lipinski definition) is 1. The van der Waals surface area contributed by atoms with E-state index in [1.54, 1.807) is 30.3 Å². The molecule has 2 aromatic carbocycles. The quantitative estimate of drug-likeness (QED) is 0.0480. The minimum Gasteiger partial charge on any atom is -0.493 e. The monoisotopic (exact) mass is 662 g/mol. The van der Waals surface area contributed by atoms with Gasteiger partial charge in [-0.3, -0.25) is 9.59 Å². The van der Waals surface area contributed by atoms with Crippen molar-refractivity contribution in [2.45, 2.75) is 90.5 Å². The lowest BCUT2D eigenvalue weighted by Gasteiger charge is -2.10. The van der Waals surface area contributed by atoms with E-state index in [4.69, 9.17) is 9.47 Å². The van der Waals surface area contributed by atoms with Crippen molar-refractivity contribution in [2.75, 3.05) is 13.2 Å². The molecule has 0 spiro atoms. The maximum Gasteiger partial charge on any atom is 0.416 e. The zero-order valence-corrected chi connectivity index (χ0v) is 26.8. The van der Waals surface area contributed by atoms with Gasteiger partial charge in [0.1, 0.15) is 25.5 Å². The van der Waals surface area contributed by atoms with E-state index >= 15 is 0 Å². The average molecular weight is 663 g/mol. The van der Waals surface area contributed by atoms with Crippen LogP contribution in [0.1, 0.15) is 87.8 Å². The number of ether oxygens (including phenoxy) is 2. The number of nitrogens with zero attached hydrogens (tertiary/aromatic N) is 1. The summed E-state index contributed by atoms with van der Waals surface area (Å²) in [5.41, 5.74) is 0.495. The zero-order valence-electron chi connectivity index (χ0n) is 26.8. The minimum atomic E-state index is -4.32. The number of unbranched alkanes of at least 4 members (excludes halogenated alkanes) is 1. The third-order valence-electron chi connectivity index (χ3n) is 7.30. The van der Waals surface area contributed by atoms with Gasteiger partial charge in [-0.2, -0.15) is 13.2 Å². The van der Waals surface area contributed by atoms with E-state index in [1.165, 1.54) is 44.6 Å². The summed E-state index contributed by atoms with van der Waals surface area (Å²) >= 11 is 0. The standard InChI is InChI=1S/C18H23F3O.C17H22N2O6/c19-18(20,21)16-11-7-12-17(14-16)22-13-6-5-10-15-8-3-1-2-4-9-15;1-2-3-4-5-10-16(20)18-11-17(21)24-12-14-8-6-7-9-15(14)13-25-19(22)23/h5,7,10-12,14-15H,1-4,6,8-9,13H2;2-3,6-9H,4-5,10-13H2,1H3,(H,18,20)/b10-5+;3-2-. The number of nitrogens with one attached hydrogen (secondary N) is 1. The smallest absolute Gasteiger partial charge is 0.416 e. The molecule has 1 N–H and O–H groups in total. The Bertz CT molecular complexity index is 1290. The molecule has 1 amide bonds. The molecule has 1 aliphatic rings. The molecule has 1 fully saturated rings. The van der Waals surface area contributed by atoms with Crippen LogP contribution in [0, 0.1) is 16.0 Å². The van der Waals surface area contributed by atoms with E-state index in [2.05, 4.69) is 22.3 Å². The highest BCUT2D eigenvalue weighted by atomic mass is 19.4. The maximum atomic E-state index is 12.6. The Morgan fingerprint density at radius 2 is 1.68 bits per heavy atom. The van der Waals surface area contributed by atoms with Gasteiger partial charge >= 0.3 is 12.1 Å². The predicted molar refractivity (Wildman–Crippen MR) is 172 cm³/mol. The lowest BCUT2D eigenvalue weighted by molar-refractivity contribution is -0.763. The SMILES string of the molecule is C/C=C\CCCC(=O)NCC(=O)OCc1ccccc1CO[N+](=O)[O-].FC(F)(F)c1cccc(OCC/C=C/C2CCCCCC2)c1. The molecule has 0 unspecified atom stereocenters. The molecule has 0 aliphatic heterocycles. The molecule has 12 heteroatoms. The summed E-state index contributed by atoms with van der Waals surface area (Å²) in [6, 6.07) is 11.8. The second-order valence-corrected chi connectivity index (χ2v) is 11.0. The highest BCUT2D eigenvalue weighted by molar-refractivity contribution is 5.81. The number of hydrogen-bond acceptors (Lipinski definition) is 7. The van der Waals surface area contributed by atoms with Crippen LogP contribution >= 0.6 is 0 Å². The molecule has 0 saturated heterocycles. The van der Waals surface area contributed by atoms with E-state index in [1.807, 2.05) is 19.1 Å². The number of carbonyl (C=O) groups is 2. The van der Waals surface area contributed by atoms with Crippen LogP contribution in [0.2, 0.25) is 0 Å². The summed E-state index contributed by atoms with van der Waals surface area (Å²) < 4.78 is 48.2. The normalized spacial score (nSPS) is 13.8. The van der Waals surface area contributed by atoms with E-state index < -0.39 is 22.8 Å². The highest BCUT2D eigenvalue weighted by Gasteiger charge is 2.30. The number of allylic oxidation sites excluding steroid dienone is 3. The van der Waals surface area contributed by atoms with Crippen molar-refractivity contribution in [2.24, 2.45) is 5.92 Å². The first-order valence-corrected chi connectivity index (χ1v) is 15.9. The van der Waals surface area contributed by atoms with Crippen LogP contribution < -0.4 is 10.1 Å². The van der Waals surface area contributed by atoms with Crippen LogP contribution in [-0.4, -0.2) is 30.1 Å². The fourth-order valence-corrected chi connectivity index (χ4v) is 4.78. The van der Waals surface area contributed by atoms with Gasteiger partial charge in [0.05, 0.1) is 12.2 Å². The van der Waals surface area contributed by atoms with Crippen LogP contribution in [0.5, 0.6) is 5.75 Å². The molecular formula is C35H45F3N2O7. The van der Waals surface area contributed by atoms with Gasteiger partial charge in [-0.25, -0.2) is 0 Å². The maximum absolute atomic E-state index is 12.6. The van der Waals surface area contributed by atoms with Crippen LogP contribution in [0.15, 0.2) is 72.8 Å². The second-order valence-electron chi connectivity index (χ2n) is 11.0. The molecule has 1 saturated carbocycles. The molecule has 258 valence electrons. The first kappa shape index (κ1) is 38.8. The first-order chi connectivity index (χ1) is 22.6. The first-order valence-electron chi connectivity index (χ1n) is 15.9. The number of benzene rings is 2. The lowest BCUT2D eigenvalue weighted by Crippen LogP contribution is -2.30. The second kappa shape index (κ2) is 22.2. The van der Waals surface area contributed by atoms with Gasteiger partial charge in [0.25, 0.3) is 5.09 Å². The topological polar surface area (TPSA) is 117 Å². The molecular weight excluding hydrogens is 617 g/mol.